The van der Waals surface area contributed by atoms with Gasteiger partial charge in [-0.25, -0.2) is 0 Å². The van der Waals surface area contributed by atoms with Gasteiger partial charge in [0.1, 0.15) is 6.04 Å². The summed E-state index contributed by atoms with van der Waals surface area (Å²) in [6.07, 6.45) is 0.447. The van der Waals surface area contributed by atoms with Gasteiger partial charge in [-0.05, 0) is 35.7 Å². The third-order valence-electron chi connectivity index (χ3n) is 5.30. The average molecular weight is 516 g/mol. The minimum Gasteiger partial charge on any atom is -0.355 e. The molecule has 2 amide bonds. The van der Waals surface area contributed by atoms with E-state index in [2.05, 4.69) is 5.32 Å². The van der Waals surface area contributed by atoms with Crippen molar-refractivity contribution < 1.29 is 9.59 Å². The summed E-state index contributed by atoms with van der Waals surface area (Å²) in [6.45, 7) is 2.75. The lowest BCUT2D eigenvalue weighted by Gasteiger charge is -2.31. The molecule has 34 heavy (non-hydrogen) atoms. The van der Waals surface area contributed by atoms with E-state index in [-0.39, 0.29) is 17.6 Å². The number of amides is 2. The van der Waals surface area contributed by atoms with Crippen LogP contribution in [0, 0.1) is 0 Å². The summed E-state index contributed by atoms with van der Waals surface area (Å²) in [7, 11) is 0. The topological polar surface area (TPSA) is 49.4 Å². The van der Waals surface area contributed by atoms with Gasteiger partial charge in [0, 0.05) is 25.3 Å². The molecular formula is C27H28Cl2N2O2S. The van der Waals surface area contributed by atoms with Crippen molar-refractivity contribution in [2.24, 2.45) is 0 Å². The monoisotopic (exact) mass is 514 g/mol. The van der Waals surface area contributed by atoms with Crippen LogP contribution >= 0.6 is 35.0 Å². The summed E-state index contributed by atoms with van der Waals surface area (Å²) < 4.78 is 0. The zero-order valence-corrected chi connectivity index (χ0v) is 21.4. The first kappa shape index (κ1) is 26.1. The third-order valence-corrected chi connectivity index (χ3v) is 7.02. The van der Waals surface area contributed by atoms with Crippen LogP contribution in [0.2, 0.25) is 10.0 Å². The second kappa shape index (κ2) is 13.4. The molecular weight excluding hydrogens is 487 g/mol. The molecule has 0 saturated carbocycles. The summed E-state index contributed by atoms with van der Waals surface area (Å²) in [5.41, 5.74) is 2.98. The maximum Gasteiger partial charge on any atom is 0.243 e. The molecule has 0 fully saturated rings. The minimum atomic E-state index is -0.611. The summed E-state index contributed by atoms with van der Waals surface area (Å²) in [4.78, 5) is 28.3. The van der Waals surface area contributed by atoms with Crippen LogP contribution in [0.1, 0.15) is 23.6 Å². The van der Waals surface area contributed by atoms with Crippen molar-refractivity contribution in [3.05, 3.63) is 106 Å². The lowest BCUT2D eigenvalue weighted by molar-refractivity contribution is -0.139. The molecule has 4 nitrogen and oxygen atoms in total. The van der Waals surface area contributed by atoms with Crippen LogP contribution in [-0.2, 0) is 28.3 Å². The molecule has 0 aliphatic heterocycles. The van der Waals surface area contributed by atoms with Gasteiger partial charge in [-0.15, -0.1) is 11.8 Å². The number of carbonyl (C=O) groups is 2. The number of halogens is 2. The number of nitrogens with one attached hydrogen (secondary N) is 1. The quantitative estimate of drug-likeness (QED) is 0.341. The maximum atomic E-state index is 13.5. The van der Waals surface area contributed by atoms with Crippen LogP contribution in [0.15, 0.2) is 78.9 Å². The average Bonchev–Trinajstić information content (AvgIpc) is 2.85. The summed E-state index contributed by atoms with van der Waals surface area (Å²) >= 11 is 13.6. The highest BCUT2D eigenvalue weighted by atomic mass is 35.5. The fourth-order valence-corrected chi connectivity index (χ4v) is 4.77. The molecule has 0 spiro atoms. The highest BCUT2D eigenvalue weighted by molar-refractivity contribution is 7.99. The largest absolute Gasteiger partial charge is 0.355 e. The van der Waals surface area contributed by atoms with Crippen LogP contribution in [0.3, 0.4) is 0 Å². The number of hydrogen-bond acceptors (Lipinski definition) is 3. The van der Waals surface area contributed by atoms with Crippen molar-refractivity contribution in [1.82, 2.24) is 10.2 Å². The highest BCUT2D eigenvalue weighted by Crippen LogP contribution is 2.25. The summed E-state index contributed by atoms with van der Waals surface area (Å²) in [5, 5.41) is 3.92. The van der Waals surface area contributed by atoms with E-state index in [9.17, 15) is 9.59 Å². The number of likely N-dealkylation sites (N-methyl/N-ethyl adjacent to an activating group) is 1. The van der Waals surface area contributed by atoms with Crippen LogP contribution in [0.4, 0.5) is 0 Å². The number of carbonyl (C=O) groups excluding carboxylic acids is 2. The van der Waals surface area contributed by atoms with Gasteiger partial charge in [-0.1, -0.05) is 89.9 Å². The second-order valence-electron chi connectivity index (χ2n) is 7.85. The number of rotatable bonds is 11. The lowest BCUT2D eigenvalue weighted by Crippen LogP contribution is -2.51. The van der Waals surface area contributed by atoms with E-state index in [1.165, 1.54) is 11.8 Å². The Hall–Kier alpha value is -2.47. The van der Waals surface area contributed by atoms with Gasteiger partial charge in [0.25, 0.3) is 0 Å². The molecule has 1 atom stereocenters. The Morgan fingerprint density at radius 1 is 0.882 bits per heavy atom. The van der Waals surface area contributed by atoms with Crippen LogP contribution < -0.4 is 5.32 Å². The SMILES string of the molecule is CCNC(=O)[C@@H](Cc1ccccc1)N(Cc1ccccc1)C(=O)CSCc1ccc(Cl)c(Cl)c1. The van der Waals surface area contributed by atoms with Gasteiger partial charge in [-0.2, -0.15) is 0 Å². The number of thioether (sulfide) groups is 1. The van der Waals surface area contributed by atoms with Gasteiger partial charge in [0.2, 0.25) is 11.8 Å². The maximum absolute atomic E-state index is 13.5. The predicted octanol–water partition coefficient (Wildman–Crippen LogP) is 6.00. The van der Waals surface area contributed by atoms with Gasteiger partial charge in [0.05, 0.1) is 15.8 Å². The molecule has 0 aromatic heterocycles. The van der Waals surface area contributed by atoms with Crippen molar-refractivity contribution in [3.8, 4) is 0 Å². The Kier molecular flexibility index (Phi) is 10.3. The molecule has 0 heterocycles. The molecule has 0 radical (unpaired) electrons. The van der Waals surface area contributed by atoms with E-state index in [0.29, 0.717) is 35.3 Å². The number of hydrogen-bond donors (Lipinski definition) is 1. The molecule has 1 N–H and O–H groups in total. The molecule has 3 aromatic rings. The van der Waals surface area contributed by atoms with Gasteiger partial charge >= 0.3 is 0 Å². The Labute approximate surface area is 215 Å². The minimum absolute atomic E-state index is 0.0823. The molecule has 7 heteroatoms. The van der Waals surface area contributed by atoms with Crippen LogP contribution in [-0.4, -0.2) is 35.1 Å². The lowest BCUT2D eigenvalue weighted by atomic mass is 10.0. The van der Waals surface area contributed by atoms with Crippen molar-refractivity contribution in [2.75, 3.05) is 12.3 Å². The molecule has 0 aliphatic rings. The molecule has 3 rings (SSSR count). The van der Waals surface area contributed by atoms with Gasteiger partial charge in [0.15, 0.2) is 0 Å². The predicted molar refractivity (Wildman–Crippen MR) is 142 cm³/mol. The highest BCUT2D eigenvalue weighted by Gasteiger charge is 2.30. The number of nitrogens with zero attached hydrogens (tertiary/aromatic N) is 1. The van der Waals surface area contributed by atoms with E-state index in [1.807, 2.05) is 79.7 Å². The normalized spacial score (nSPS) is 11.6. The molecule has 0 unspecified atom stereocenters. The van der Waals surface area contributed by atoms with E-state index in [0.717, 1.165) is 16.7 Å². The van der Waals surface area contributed by atoms with E-state index < -0.39 is 6.04 Å². The van der Waals surface area contributed by atoms with E-state index in [4.69, 9.17) is 23.2 Å². The summed E-state index contributed by atoms with van der Waals surface area (Å²) in [6, 6.07) is 24.4. The fraction of sp³-hybridized carbons (Fsp3) is 0.259. The first-order valence-corrected chi connectivity index (χ1v) is 13.1. The van der Waals surface area contributed by atoms with Crippen LogP contribution in [0.5, 0.6) is 0 Å². The first-order chi connectivity index (χ1) is 16.5. The standard InChI is InChI=1S/C27H28Cl2N2O2S/c1-2-30-27(33)25(16-20-9-5-3-6-10-20)31(17-21-11-7-4-8-12-21)26(32)19-34-18-22-13-14-23(28)24(29)15-22/h3-15,25H,2,16-19H2,1H3,(H,30,33)/t25-/m1/s1. The zero-order valence-electron chi connectivity index (χ0n) is 19.0. The molecule has 178 valence electrons. The molecule has 3 aromatic carbocycles. The van der Waals surface area contributed by atoms with E-state index in [1.54, 1.807) is 11.0 Å². The smallest absolute Gasteiger partial charge is 0.243 e. The molecule has 0 bridgehead atoms. The Morgan fingerprint density at radius 3 is 2.15 bits per heavy atom. The zero-order chi connectivity index (χ0) is 24.3. The molecule has 0 aliphatic carbocycles. The van der Waals surface area contributed by atoms with Crippen LogP contribution in [0.25, 0.3) is 0 Å². The fourth-order valence-electron chi connectivity index (χ4n) is 3.59. The van der Waals surface area contributed by atoms with Crippen molar-refractivity contribution in [2.45, 2.75) is 31.7 Å². The van der Waals surface area contributed by atoms with Crippen molar-refractivity contribution in [1.29, 1.82) is 0 Å². The number of benzene rings is 3. The Balaban J connectivity index is 1.79. The molecule has 0 saturated heterocycles. The Bertz CT molecular complexity index is 1080. The third kappa shape index (κ3) is 7.79. The van der Waals surface area contributed by atoms with Gasteiger partial charge < -0.3 is 10.2 Å². The van der Waals surface area contributed by atoms with E-state index >= 15 is 0 Å². The first-order valence-electron chi connectivity index (χ1n) is 11.1. The summed E-state index contributed by atoms with van der Waals surface area (Å²) in [5.74, 6) is 0.635. The second-order valence-corrected chi connectivity index (χ2v) is 9.65. The van der Waals surface area contributed by atoms with Crippen molar-refractivity contribution in [3.63, 3.8) is 0 Å². The Morgan fingerprint density at radius 2 is 1.53 bits per heavy atom. The van der Waals surface area contributed by atoms with Crippen molar-refractivity contribution >= 4 is 46.8 Å². The van der Waals surface area contributed by atoms with Gasteiger partial charge in [-0.3, -0.25) is 9.59 Å².